The summed E-state index contributed by atoms with van der Waals surface area (Å²) in [5.41, 5.74) is 2.15. The van der Waals surface area contributed by atoms with Gasteiger partial charge in [0.15, 0.2) is 0 Å². The van der Waals surface area contributed by atoms with Gasteiger partial charge in [-0.15, -0.1) is 0 Å². The Labute approximate surface area is 104 Å². The summed E-state index contributed by atoms with van der Waals surface area (Å²) < 4.78 is 0. The van der Waals surface area contributed by atoms with Crippen LogP contribution in [0.3, 0.4) is 0 Å². The smallest absolute Gasteiger partial charge is 0.227 e. The van der Waals surface area contributed by atoms with Crippen molar-refractivity contribution in [2.75, 3.05) is 5.32 Å². The maximum atomic E-state index is 12.0. The average Bonchev–Trinajstić information content (AvgIpc) is 2.29. The molecule has 1 N–H and O–H groups in total. The monoisotopic (exact) mass is 233 g/mol. The topological polar surface area (TPSA) is 29.1 Å². The number of amides is 1. The van der Waals surface area contributed by atoms with Crippen molar-refractivity contribution in [3.63, 3.8) is 0 Å². The zero-order valence-electron chi connectivity index (χ0n) is 11.3. The molecule has 1 rings (SSSR count). The van der Waals surface area contributed by atoms with Crippen LogP contribution in [0.5, 0.6) is 0 Å². The van der Waals surface area contributed by atoms with Crippen LogP contribution in [-0.4, -0.2) is 5.91 Å². The number of hydrogen-bond donors (Lipinski definition) is 1. The van der Waals surface area contributed by atoms with Gasteiger partial charge in [-0.2, -0.15) is 0 Å². The maximum absolute atomic E-state index is 12.0. The summed E-state index contributed by atoms with van der Waals surface area (Å²) in [5, 5.41) is 3.04. The molecular weight excluding hydrogens is 210 g/mol. The van der Waals surface area contributed by atoms with Crippen LogP contribution in [0.25, 0.3) is 0 Å². The highest BCUT2D eigenvalue weighted by Crippen LogP contribution is 2.24. The van der Waals surface area contributed by atoms with E-state index in [0.717, 1.165) is 18.5 Å². The molecular formula is C15H23NO. The van der Waals surface area contributed by atoms with Gasteiger partial charge in [0.25, 0.3) is 0 Å². The Morgan fingerprint density at radius 1 is 1.24 bits per heavy atom. The third-order valence-electron chi connectivity index (χ3n) is 3.01. The van der Waals surface area contributed by atoms with E-state index in [2.05, 4.69) is 32.2 Å². The summed E-state index contributed by atoms with van der Waals surface area (Å²) in [6.45, 7) is 8.36. The standard InChI is InChI=1S/C15H23NO/c1-5-8-12(4)15(17)16-14-10-7-6-9-13(14)11(2)3/h6-7,9-12H,5,8H2,1-4H3,(H,16,17)/t12-/m1/s1. The number of carbonyl (C=O) groups excluding carboxylic acids is 1. The lowest BCUT2D eigenvalue weighted by Crippen LogP contribution is -2.21. The lowest BCUT2D eigenvalue weighted by atomic mass is 10.00. The van der Waals surface area contributed by atoms with Crippen LogP contribution in [0.15, 0.2) is 24.3 Å². The number of carbonyl (C=O) groups is 1. The molecule has 0 heterocycles. The van der Waals surface area contributed by atoms with Crippen molar-refractivity contribution < 1.29 is 4.79 Å². The summed E-state index contributed by atoms with van der Waals surface area (Å²) in [6, 6.07) is 8.03. The van der Waals surface area contributed by atoms with Crippen LogP contribution < -0.4 is 5.32 Å². The number of hydrogen-bond acceptors (Lipinski definition) is 1. The number of rotatable bonds is 5. The van der Waals surface area contributed by atoms with Crippen molar-refractivity contribution in [1.29, 1.82) is 0 Å². The molecule has 2 heteroatoms. The van der Waals surface area contributed by atoms with Crippen LogP contribution in [0.1, 0.15) is 52.0 Å². The second kappa shape index (κ2) is 6.43. The molecule has 0 bridgehead atoms. The fraction of sp³-hybridized carbons (Fsp3) is 0.533. The van der Waals surface area contributed by atoms with Crippen LogP contribution in [0.2, 0.25) is 0 Å². The van der Waals surface area contributed by atoms with Gasteiger partial charge >= 0.3 is 0 Å². The van der Waals surface area contributed by atoms with Crippen LogP contribution >= 0.6 is 0 Å². The molecule has 0 aliphatic rings. The summed E-state index contributed by atoms with van der Waals surface area (Å²) in [6.07, 6.45) is 1.98. The lowest BCUT2D eigenvalue weighted by molar-refractivity contribution is -0.119. The Balaban J connectivity index is 2.77. The minimum atomic E-state index is 0.0835. The van der Waals surface area contributed by atoms with Crippen LogP contribution in [0.4, 0.5) is 5.69 Å². The van der Waals surface area contributed by atoms with E-state index in [1.54, 1.807) is 0 Å². The van der Waals surface area contributed by atoms with Gasteiger partial charge in [-0.25, -0.2) is 0 Å². The van der Waals surface area contributed by atoms with Crippen molar-refractivity contribution >= 4 is 11.6 Å². The third-order valence-corrected chi connectivity index (χ3v) is 3.01. The second-order valence-corrected chi connectivity index (χ2v) is 4.92. The first-order valence-corrected chi connectivity index (χ1v) is 6.46. The van der Waals surface area contributed by atoms with Gasteiger partial charge in [-0.3, -0.25) is 4.79 Å². The molecule has 0 saturated carbocycles. The number of nitrogens with one attached hydrogen (secondary N) is 1. The highest BCUT2D eigenvalue weighted by atomic mass is 16.1. The maximum Gasteiger partial charge on any atom is 0.227 e. The SMILES string of the molecule is CCC[C@@H](C)C(=O)Nc1ccccc1C(C)C. The molecule has 0 spiro atoms. The molecule has 1 aromatic rings. The quantitative estimate of drug-likeness (QED) is 0.812. The van der Waals surface area contributed by atoms with E-state index in [9.17, 15) is 4.79 Å². The van der Waals surface area contributed by atoms with Crippen molar-refractivity contribution in [2.45, 2.75) is 46.5 Å². The molecule has 0 saturated heterocycles. The van der Waals surface area contributed by atoms with Gasteiger partial charge in [0.2, 0.25) is 5.91 Å². The Bertz CT molecular complexity index is 371. The molecule has 0 aliphatic carbocycles. The zero-order chi connectivity index (χ0) is 12.8. The van der Waals surface area contributed by atoms with E-state index in [4.69, 9.17) is 0 Å². The predicted octanol–water partition coefficient (Wildman–Crippen LogP) is 4.18. The Morgan fingerprint density at radius 3 is 2.47 bits per heavy atom. The highest BCUT2D eigenvalue weighted by Gasteiger charge is 2.14. The molecule has 0 unspecified atom stereocenters. The first-order valence-electron chi connectivity index (χ1n) is 6.46. The normalized spacial score (nSPS) is 12.5. The molecule has 0 aromatic heterocycles. The summed E-state index contributed by atoms with van der Waals surface area (Å²) in [5.74, 6) is 0.633. The molecule has 1 atom stereocenters. The van der Waals surface area contributed by atoms with Crippen LogP contribution in [0, 0.1) is 5.92 Å². The van der Waals surface area contributed by atoms with E-state index < -0.39 is 0 Å². The summed E-state index contributed by atoms with van der Waals surface area (Å²) in [4.78, 5) is 12.0. The van der Waals surface area contributed by atoms with Gasteiger partial charge in [-0.1, -0.05) is 52.3 Å². The van der Waals surface area contributed by atoms with Gasteiger partial charge in [0.1, 0.15) is 0 Å². The van der Waals surface area contributed by atoms with Crippen molar-refractivity contribution in [3.8, 4) is 0 Å². The summed E-state index contributed by atoms with van der Waals surface area (Å²) >= 11 is 0. The predicted molar refractivity (Wildman–Crippen MR) is 73.2 cm³/mol. The first kappa shape index (κ1) is 13.8. The Kier molecular flexibility index (Phi) is 5.20. The van der Waals surface area contributed by atoms with E-state index in [0.29, 0.717) is 5.92 Å². The third kappa shape index (κ3) is 3.88. The van der Waals surface area contributed by atoms with Gasteiger partial charge in [0.05, 0.1) is 0 Å². The summed E-state index contributed by atoms with van der Waals surface area (Å²) in [7, 11) is 0. The molecule has 94 valence electrons. The van der Waals surface area contributed by atoms with E-state index in [1.807, 2.05) is 25.1 Å². The molecule has 1 aromatic carbocycles. The average molecular weight is 233 g/mol. The number of anilines is 1. The fourth-order valence-electron chi connectivity index (χ4n) is 1.93. The number of para-hydroxylation sites is 1. The largest absolute Gasteiger partial charge is 0.326 e. The lowest BCUT2D eigenvalue weighted by Gasteiger charge is -2.16. The molecule has 0 aliphatic heterocycles. The first-order chi connectivity index (χ1) is 8.06. The van der Waals surface area contributed by atoms with E-state index >= 15 is 0 Å². The molecule has 0 radical (unpaired) electrons. The second-order valence-electron chi connectivity index (χ2n) is 4.92. The molecule has 0 fully saturated rings. The van der Waals surface area contributed by atoms with Crippen molar-refractivity contribution in [2.24, 2.45) is 5.92 Å². The van der Waals surface area contributed by atoms with Gasteiger partial charge in [0, 0.05) is 11.6 Å². The van der Waals surface area contributed by atoms with Crippen molar-refractivity contribution in [1.82, 2.24) is 0 Å². The number of benzene rings is 1. The minimum absolute atomic E-state index is 0.0835. The molecule has 1 amide bonds. The van der Waals surface area contributed by atoms with Crippen LogP contribution in [-0.2, 0) is 4.79 Å². The van der Waals surface area contributed by atoms with Gasteiger partial charge < -0.3 is 5.32 Å². The van der Waals surface area contributed by atoms with Gasteiger partial charge in [-0.05, 0) is 24.0 Å². The van der Waals surface area contributed by atoms with Crippen molar-refractivity contribution in [3.05, 3.63) is 29.8 Å². The zero-order valence-corrected chi connectivity index (χ0v) is 11.3. The minimum Gasteiger partial charge on any atom is -0.326 e. The molecule has 2 nitrogen and oxygen atoms in total. The molecule has 17 heavy (non-hydrogen) atoms. The fourth-order valence-corrected chi connectivity index (χ4v) is 1.93. The Morgan fingerprint density at radius 2 is 1.88 bits per heavy atom. The Hall–Kier alpha value is -1.31. The van der Waals surface area contributed by atoms with E-state index in [1.165, 1.54) is 5.56 Å². The highest BCUT2D eigenvalue weighted by molar-refractivity contribution is 5.93. The van der Waals surface area contributed by atoms with E-state index in [-0.39, 0.29) is 11.8 Å².